The van der Waals surface area contributed by atoms with Crippen LogP contribution in [0.5, 0.6) is 11.5 Å². The summed E-state index contributed by atoms with van der Waals surface area (Å²) in [6, 6.07) is 11.2. The highest BCUT2D eigenvalue weighted by Gasteiger charge is 2.36. The van der Waals surface area contributed by atoms with Gasteiger partial charge in [0.25, 0.3) is 5.91 Å². The number of amides is 1. The number of thioether (sulfide) groups is 1. The van der Waals surface area contributed by atoms with E-state index in [-0.39, 0.29) is 11.4 Å². The molecule has 2 aliphatic rings. The Balaban J connectivity index is 1.54. The normalized spacial score (nSPS) is 16.3. The smallest absolute Gasteiger partial charge is 0.283 e. The Morgan fingerprint density at radius 1 is 1.11 bits per heavy atom. The fourth-order valence-corrected chi connectivity index (χ4v) is 4.91. The molecule has 10 heteroatoms. The van der Waals surface area contributed by atoms with Crippen molar-refractivity contribution >= 4 is 39.8 Å². The lowest BCUT2D eigenvalue weighted by Crippen LogP contribution is -2.35. The third-order valence-electron chi connectivity index (χ3n) is 5.76. The molecule has 0 aliphatic carbocycles. The zero-order chi connectivity index (χ0) is 24.7. The molecule has 0 saturated heterocycles. The van der Waals surface area contributed by atoms with Crippen LogP contribution in [0.25, 0.3) is 11.8 Å². The summed E-state index contributed by atoms with van der Waals surface area (Å²) in [6.07, 6.45) is 5.06. The number of aryl methyl sites for hydroxylation is 1. The molecule has 35 heavy (non-hydrogen) atoms. The van der Waals surface area contributed by atoms with Gasteiger partial charge in [-0.25, -0.2) is 0 Å². The number of rotatable bonds is 5. The van der Waals surface area contributed by atoms with Crippen LogP contribution in [0.15, 0.2) is 64.5 Å². The maximum Gasteiger partial charge on any atom is 0.283 e. The van der Waals surface area contributed by atoms with Crippen molar-refractivity contribution in [3.05, 3.63) is 76.9 Å². The second-order valence-electron chi connectivity index (χ2n) is 7.87. The zero-order valence-electron chi connectivity index (χ0n) is 19.6. The fourth-order valence-electron chi connectivity index (χ4n) is 4.03. The molecule has 0 radical (unpaired) electrons. The molecule has 0 unspecified atom stereocenters. The van der Waals surface area contributed by atoms with Gasteiger partial charge in [-0.2, -0.15) is 15.1 Å². The summed E-state index contributed by atoms with van der Waals surface area (Å²) < 4.78 is 13.0. The van der Waals surface area contributed by atoms with Gasteiger partial charge in [-0.3, -0.25) is 15.2 Å². The average molecular weight is 487 g/mol. The maximum atomic E-state index is 12.9. The van der Waals surface area contributed by atoms with E-state index in [0.717, 1.165) is 28.2 Å². The van der Waals surface area contributed by atoms with Crippen molar-refractivity contribution in [2.45, 2.75) is 13.8 Å². The molecule has 4 heterocycles. The van der Waals surface area contributed by atoms with E-state index in [1.807, 2.05) is 54.8 Å². The molecule has 1 amide bonds. The van der Waals surface area contributed by atoms with Gasteiger partial charge in [-0.1, -0.05) is 0 Å². The number of hydrogen-bond donors (Lipinski definition) is 1. The van der Waals surface area contributed by atoms with Crippen molar-refractivity contribution in [2.24, 2.45) is 10.1 Å². The van der Waals surface area contributed by atoms with Gasteiger partial charge < -0.3 is 14.0 Å². The Morgan fingerprint density at radius 3 is 2.66 bits per heavy atom. The van der Waals surface area contributed by atoms with Gasteiger partial charge in [-0.05, 0) is 67.6 Å². The number of methoxy groups -OCH3 is 2. The van der Waals surface area contributed by atoms with Crippen LogP contribution >= 0.6 is 11.8 Å². The minimum atomic E-state index is -0.472. The highest BCUT2D eigenvalue weighted by Crippen LogP contribution is 2.34. The first-order valence-corrected chi connectivity index (χ1v) is 11.5. The lowest BCUT2D eigenvalue weighted by molar-refractivity contribution is -0.114. The van der Waals surface area contributed by atoms with Crippen LogP contribution in [0.4, 0.5) is 0 Å². The summed E-state index contributed by atoms with van der Waals surface area (Å²) >= 11 is 1.25. The molecule has 2 aliphatic heterocycles. The van der Waals surface area contributed by atoms with Crippen LogP contribution < -0.4 is 9.47 Å². The first-order valence-electron chi connectivity index (χ1n) is 10.7. The van der Waals surface area contributed by atoms with Crippen LogP contribution in [-0.4, -0.2) is 50.7 Å². The number of carbonyl (C=O) groups is 1. The molecule has 0 bridgehead atoms. The first-order chi connectivity index (χ1) is 16.9. The standard InChI is InChI=1S/C25H22N6O3S/c1-14-10-17(15(2)30(14)20-12-18(33-3)7-8-21(20)34-4)11-19-22(26)31-25(28-23(19)32)35-24(29-31)16-6-5-9-27-13-16/h5-13,26H,1-4H3/b19-11-,26-22?. The van der Waals surface area contributed by atoms with E-state index >= 15 is 0 Å². The Hall–Kier alpha value is -4.18. The van der Waals surface area contributed by atoms with Gasteiger partial charge in [-0.15, -0.1) is 0 Å². The van der Waals surface area contributed by atoms with E-state index in [1.165, 1.54) is 16.8 Å². The molecular formula is C25H22N6O3S. The van der Waals surface area contributed by atoms with Gasteiger partial charge in [0.1, 0.15) is 16.5 Å². The van der Waals surface area contributed by atoms with Crippen molar-refractivity contribution in [2.75, 3.05) is 14.2 Å². The Kier molecular flexibility index (Phi) is 5.73. The number of ether oxygens (including phenoxy) is 2. The summed E-state index contributed by atoms with van der Waals surface area (Å²) in [5.74, 6) is 0.900. The number of carbonyl (C=O) groups excluding carboxylic acids is 1. The van der Waals surface area contributed by atoms with Gasteiger partial charge in [0, 0.05) is 35.4 Å². The topological polar surface area (TPSA) is 105 Å². The van der Waals surface area contributed by atoms with Gasteiger partial charge in [0.2, 0.25) is 5.17 Å². The number of nitrogens with one attached hydrogen (secondary N) is 1. The molecule has 9 nitrogen and oxygen atoms in total. The summed E-state index contributed by atoms with van der Waals surface area (Å²) in [4.78, 5) is 21.2. The molecule has 0 saturated carbocycles. The second-order valence-corrected chi connectivity index (χ2v) is 8.82. The molecule has 176 valence electrons. The Labute approximate surface area is 206 Å². The van der Waals surface area contributed by atoms with Crippen molar-refractivity contribution in [3.8, 4) is 17.2 Å². The van der Waals surface area contributed by atoms with E-state index in [0.29, 0.717) is 21.7 Å². The number of fused-ring (bicyclic) bond motifs is 1. The van der Waals surface area contributed by atoms with Crippen LogP contribution in [0.1, 0.15) is 22.5 Å². The van der Waals surface area contributed by atoms with Crippen molar-refractivity contribution in [1.29, 1.82) is 5.41 Å². The maximum absolute atomic E-state index is 12.9. The second kappa shape index (κ2) is 8.88. The van der Waals surface area contributed by atoms with Gasteiger partial charge in [0.05, 0.1) is 25.5 Å². The molecule has 0 fully saturated rings. The van der Waals surface area contributed by atoms with Gasteiger partial charge in [0.15, 0.2) is 5.84 Å². The third-order valence-corrected chi connectivity index (χ3v) is 6.72. The summed E-state index contributed by atoms with van der Waals surface area (Å²) in [5, 5.41) is 15.6. The summed E-state index contributed by atoms with van der Waals surface area (Å²) in [6.45, 7) is 3.92. The predicted molar refractivity (Wildman–Crippen MR) is 137 cm³/mol. The van der Waals surface area contributed by atoms with E-state index < -0.39 is 5.91 Å². The molecule has 1 aromatic carbocycles. The largest absolute Gasteiger partial charge is 0.497 e. The number of pyridine rings is 1. The summed E-state index contributed by atoms with van der Waals surface area (Å²) in [7, 11) is 3.24. The van der Waals surface area contributed by atoms with E-state index in [2.05, 4.69) is 15.1 Å². The van der Waals surface area contributed by atoms with Crippen molar-refractivity contribution in [3.63, 3.8) is 0 Å². The first kappa shape index (κ1) is 22.6. The lowest BCUT2D eigenvalue weighted by atomic mass is 10.1. The van der Waals surface area contributed by atoms with Crippen LogP contribution in [0.3, 0.4) is 0 Å². The number of aliphatic imine (C=N–C) groups is 1. The predicted octanol–water partition coefficient (Wildman–Crippen LogP) is 4.17. The molecule has 0 spiro atoms. The highest BCUT2D eigenvalue weighted by molar-refractivity contribution is 8.27. The lowest BCUT2D eigenvalue weighted by Gasteiger charge is -2.20. The number of benzene rings is 1. The minimum absolute atomic E-state index is 0.0184. The minimum Gasteiger partial charge on any atom is -0.497 e. The summed E-state index contributed by atoms with van der Waals surface area (Å²) in [5.41, 5.74) is 4.40. The highest BCUT2D eigenvalue weighted by atomic mass is 32.2. The zero-order valence-corrected chi connectivity index (χ0v) is 20.4. The molecular weight excluding hydrogens is 464 g/mol. The average Bonchev–Trinajstić information content (AvgIpc) is 3.42. The number of hydrogen-bond acceptors (Lipinski definition) is 7. The quantitative estimate of drug-likeness (QED) is 0.543. The monoisotopic (exact) mass is 486 g/mol. The fraction of sp³-hybridized carbons (Fsp3) is 0.160. The van der Waals surface area contributed by atoms with Gasteiger partial charge >= 0.3 is 0 Å². The number of hydrazone groups is 1. The van der Waals surface area contributed by atoms with Crippen molar-refractivity contribution < 1.29 is 14.3 Å². The van der Waals surface area contributed by atoms with E-state index in [4.69, 9.17) is 14.9 Å². The van der Waals surface area contributed by atoms with Crippen LogP contribution in [0, 0.1) is 19.3 Å². The molecule has 3 aromatic rings. The number of aromatic nitrogens is 2. The van der Waals surface area contributed by atoms with E-state index in [9.17, 15) is 4.79 Å². The van der Waals surface area contributed by atoms with Crippen LogP contribution in [-0.2, 0) is 4.79 Å². The van der Waals surface area contributed by atoms with Crippen LogP contribution in [0.2, 0.25) is 0 Å². The van der Waals surface area contributed by atoms with E-state index in [1.54, 1.807) is 32.7 Å². The molecule has 1 N–H and O–H groups in total. The third kappa shape index (κ3) is 3.91. The number of nitrogens with zero attached hydrogens (tertiary/aromatic N) is 5. The number of amidine groups is 2. The molecule has 2 aromatic heterocycles. The Morgan fingerprint density at radius 2 is 1.94 bits per heavy atom. The Bertz CT molecular complexity index is 1460. The van der Waals surface area contributed by atoms with Crippen molar-refractivity contribution in [1.82, 2.24) is 14.6 Å². The SMILES string of the molecule is COc1ccc(OC)c(-n2c(C)cc(/C=C3/C(=N)N4N=C(c5cccnc5)SC4=NC3=O)c2C)c1. The molecule has 5 rings (SSSR count). The molecule has 0 atom stereocenters.